The van der Waals surface area contributed by atoms with Crippen LogP contribution in [0.5, 0.6) is 5.75 Å². The molecule has 0 fully saturated rings. The van der Waals surface area contributed by atoms with Gasteiger partial charge in [-0.2, -0.15) is 0 Å². The molecule has 0 saturated heterocycles. The molecule has 0 unspecified atom stereocenters. The van der Waals surface area contributed by atoms with Gasteiger partial charge in [0.1, 0.15) is 18.0 Å². The van der Waals surface area contributed by atoms with Gasteiger partial charge in [-0.1, -0.05) is 23.8 Å². The quantitative estimate of drug-likeness (QED) is 0.512. The maximum atomic E-state index is 12.9. The lowest BCUT2D eigenvalue weighted by Crippen LogP contribution is -2.35. The van der Waals surface area contributed by atoms with Crippen molar-refractivity contribution in [2.24, 2.45) is 0 Å². The molecular formula is C25H28N4O4. The first-order valence-corrected chi connectivity index (χ1v) is 10.5. The molecule has 172 valence electrons. The maximum Gasteiger partial charge on any atom is 0.323 e. The van der Waals surface area contributed by atoms with Crippen LogP contribution in [-0.2, 0) is 17.9 Å². The number of aryl methyl sites for hydroxylation is 3. The molecular weight excluding hydrogens is 420 g/mol. The Balaban J connectivity index is 1.65. The fourth-order valence-electron chi connectivity index (χ4n) is 3.31. The highest BCUT2D eigenvalue weighted by Crippen LogP contribution is 2.15. The standard InChI is InChI=1S/C25H28N4O4/c1-16-5-6-17(2)19(13-16)14-26-23(30)15-29-18(3)7-12-22(24(29)31)28-25(32)27-20-8-10-21(33-4)11-9-20/h5-13H,14-15H2,1-4H3,(H,26,30)(H2,27,28,32). The van der Waals surface area contributed by atoms with Crippen molar-refractivity contribution in [2.45, 2.75) is 33.9 Å². The third-order valence-corrected chi connectivity index (χ3v) is 5.27. The molecule has 0 aliphatic rings. The zero-order chi connectivity index (χ0) is 24.0. The molecule has 0 aliphatic heterocycles. The fraction of sp³-hybridized carbons (Fsp3) is 0.240. The lowest BCUT2D eigenvalue weighted by Gasteiger charge is -2.14. The molecule has 3 rings (SSSR count). The first kappa shape index (κ1) is 23.6. The summed E-state index contributed by atoms with van der Waals surface area (Å²) in [7, 11) is 1.56. The molecule has 3 N–H and O–H groups in total. The van der Waals surface area contributed by atoms with Crippen molar-refractivity contribution in [3.8, 4) is 5.75 Å². The molecule has 0 radical (unpaired) electrons. The number of carbonyl (C=O) groups is 2. The third-order valence-electron chi connectivity index (χ3n) is 5.27. The van der Waals surface area contributed by atoms with Gasteiger partial charge in [0.05, 0.1) is 7.11 Å². The number of amides is 3. The normalized spacial score (nSPS) is 10.4. The van der Waals surface area contributed by atoms with Crippen molar-refractivity contribution in [2.75, 3.05) is 17.7 Å². The van der Waals surface area contributed by atoms with Crippen molar-refractivity contribution < 1.29 is 14.3 Å². The summed E-state index contributed by atoms with van der Waals surface area (Å²) in [6.45, 7) is 5.95. The first-order chi connectivity index (χ1) is 15.8. The van der Waals surface area contributed by atoms with Crippen LogP contribution in [0.3, 0.4) is 0 Å². The number of urea groups is 1. The largest absolute Gasteiger partial charge is 0.497 e. The number of pyridine rings is 1. The summed E-state index contributed by atoms with van der Waals surface area (Å²) < 4.78 is 6.42. The molecule has 0 spiro atoms. The Morgan fingerprint density at radius 1 is 0.939 bits per heavy atom. The second kappa shape index (κ2) is 10.5. The highest BCUT2D eigenvalue weighted by Gasteiger charge is 2.13. The number of aromatic nitrogens is 1. The van der Waals surface area contributed by atoms with Gasteiger partial charge in [-0.05, 0) is 68.3 Å². The van der Waals surface area contributed by atoms with Crippen LogP contribution in [0.15, 0.2) is 59.4 Å². The Hall–Kier alpha value is -4.07. The van der Waals surface area contributed by atoms with Crippen molar-refractivity contribution in [1.82, 2.24) is 9.88 Å². The summed E-state index contributed by atoms with van der Waals surface area (Å²) in [4.78, 5) is 37.8. The van der Waals surface area contributed by atoms with E-state index in [2.05, 4.69) is 16.0 Å². The molecule has 3 aromatic rings. The number of hydrogen-bond acceptors (Lipinski definition) is 4. The van der Waals surface area contributed by atoms with Gasteiger partial charge in [-0.25, -0.2) is 4.79 Å². The van der Waals surface area contributed by atoms with Crippen molar-refractivity contribution in [3.05, 3.63) is 87.3 Å². The molecule has 0 bridgehead atoms. The molecule has 2 aromatic carbocycles. The van der Waals surface area contributed by atoms with E-state index in [9.17, 15) is 14.4 Å². The van der Waals surface area contributed by atoms with E-state index in [-0.39, 0.29) is 18.1 Å². The lowest BCUT2D eigenvalue weighted by molar-refractivity contribution is -0.121. The summed E-state index contributed by atoms with van der Waals surface area (Å²) in [6.07, 6.45) is 0. The van der Waals surface area contributed by atoms with Crippen LogP contribution in [-0.4, -0.2) is 23.6 Å². The predicted molar refractivity (Wildman–Crippen MR) is 129 cm³/mol. The van der Waals surface area contributed by atoms with Gasteiger partial charge in [-0.15, -0.1) is 0 Å². The number of carbonyl (C=O) groups excluding carboxylic acids is 2. The molecule has 0 saturated carbocycles. The van der Waals surface area contributed by atoms with E-state index in [1.807, 2.05) is 32.0 Å². The van der Waals surface area contributed by atoms with Gasteiger partial charge in [0.2, 0.25) is 5.91 Å². The van der Waals surface area contributed by atoms with E-state index in [0.29, 0.717) is 23.7 Å². The Morgan fingerprint density at radius 2 is 1.67 bits per heavy atom. The number of hydrogen-bond donors (Lipinski definition) is 3. The summed E-state index contributed by atoms with van der Waals surface area (Å²) in [5.41, 5.74) is 4.01. The molecule has 3 amide bonds. The van der Waals surface area contributed by atoms with Crippen molar-refractivity contribution in [3.63, 3.8) is 0 Å². The summed E-state index contributed by atoms with van der Waals surface area (Å²) >= 11 is 0. The van der Waals surface area contributed by atoms with E-state index >= 15 is 0 Å². The van der Waals surface area contributed by atoms with Gasteiger partial charge >= 0.3 is 6.03 Å². The number of rotatable bonds is 7. The highest BCUT2D eigenvalue weighted by molar-refractivity contribution is 5.99. The fourth-order valence-corrected chi connectivity index (χ4v) is 3.31. The van der Waals surface area contributed by atoms with Crippen LogP contribution < -0.4 is 26.2 Å². The number of ether oxygens (including phenoxy) is 1. The molecule has 0 aliphatic carbocycles. The number of methoxy groups -OCH3 is 1. The second-order valence-electron chi connectivity index (χ2n) is 7.79. The minimum absolute atomic E-state index is 0.0777. The van der Waals surface area contributed by atoms with Gasteiger partial charge in [0, 0.05) is 17.9 Å². The molecule has 33 heavy (non-hydrogen) atoms. The van der Waals surface area contributed by atoms with Gasteiger partial charge in [-0.3, -0.25) is 9.59 Å². The second-order valence-corrected chi connectivity index (χ2v) is 7.79. The van der Waals surface area contributed by atoms with E-state index in [1.165, 1.54) is 10.6 Å². The average molecular weight is 449 g/mol. The lowest BCUT2D eigenvalue weighted by atomic mass is 10.1. The Bertz CT molecular complexity index is 1220. The third kappa shape index (κ3) is 6.22. The number of nitrogens with one attached hydrogen (secondary N) is 3. The van der Waals surface area contributed by atoms with Gasteiger partial charge < -0.3 is 25.3 Å². The topological polar surface area (TPSA) is 101 Å². The number of benzene rings is 2. The first-order valence-electron chi connectivity index (χ1n) is 10.5. The Labute approximate surface area is 192 Å². The summed E-state index contributed by atoms with van der Waals surface area (Å²) in [6, 6.07) is 15.5. The molecule has 8 nitrogen and oxygen atoms in total. The molecule has 0 atom stereocenters. The zero-order valence-corrected chi connectivity index (χ0v) is 19.2. The van der Waals surface area contributed by atoms with Gasteiger partial charge in [0.25, 0.3) is 5.56 Å². The van der Waals surface area contributed by atoms with Crippen LogP contribution >= 0.6 is 0 Å². The minimum Gasteiger partial charge on any atom is -0.497 e. The Kier molecular flexibility index (Phi) is 7.50. The van der Waals surface area contributed by atoms with Crippen LogP contribution in [0.25, 0.3) is 0 Å². The van der Waals surface area contributed by atoms with Crippen LogP contribution in [0.4, 0.5) is 16.2 Å². The van der Waals surface area contributed by atoms with E-state index in [4.69, 9.17) is 4.74 Å². The van der Waals surface area contributed by atoms with Crippen molar-refractivity contribution >= 4 is 23.3 Å². The number of anilines is 2. The van der Waals surface area contributed by atoms with Gasteiger partial charge in [0.15, 0.2) is 0 Å². The zero-order valence-electron chi connectivity index (χ0n) is 19.2. The van der Waals surface area contributed by atoms with Crippen LogP contribution in [0.2, 0.25) is 0 Å². The summed E-state index contributed by atoms with van der Waals surface area (Å²) in [5.74, 6) is 0.374. The predicted octanol–water partition coefficient (Wildman–Crippen LogP) is 3.74. The average Bonchev–Trinajstić information content (AvgIpc) is 2.79. The molecule has 8 heteroatoms. The van der Waals surface area contributed by atoms with Crippen LogP contribution in [0.1, 0.15) is 22.4 Å². The molecule has 1 heterocycles. The Morgan fingerprint density at radius 3 is 2.36 bits per heavy atom. The maximum absolute atomic E-state index is 12.9. The monoisotopic (exact) mass is 448 g/mol. The van der Waals surface area contributed by atoms with Crippen LogP contribution in [0, 0.1) is 20.8 Å². The van der Waals surface area contributed by atoms with E-state index < -0.39 is 11.6 Å². The SMILES string of the molecule is COc1ccc(NC(=O)Nc2ccc(C)n(CC(=O)NCc3cc(C)ccc3C)c2=O)cc1. The summed E-state index contributed by atoms with van der Waals surface area (Å²) in [5, 5.41) is 8.08. The minimum atomic E-state index is -0.563. The number of nitrogens with zero attached hydrogens (tertiary/aromatic N) is 1. The van der Waals surface area contributed by atoms with E-state index in [1.54, 1.807) is 44.4 Å². The van der Waals surface area contributed by atoms with E-state index in [0.717, 1.165) is 16.7 Å². The smallest absolute Gasteiger partial charge is 0.323 e. The van der Waals surface area contributed by atoms with Crippen molar-refractivity contribution in [1.29, 1.82) is 0 Å². The highest BCUT2D eigenvalue weighted by atomic mass is 16.5. The molecule has 1 aromatic heterocycles.